The van der Waals surface area contributed by atoms with E-state index in [1.54, 1.807) is 0 Å². The molecule has 1 N–H and O–H groups in total. The molecule has 1 aromatic rings. The van der Waals surface area contributed by atoms with Crippen molar-refractivity contribution in [3.63, 3.8) is 0 Å². The molecule has 0 saturated carbocycles. The van der Waals surface area contributed by atoms with Gasteiger partial charge in [0.1, 0.15) is 11.9 Å². The molecule has 0 saturated heterocycles. The van der Waals surface area contributed by atoms with E-state index in [0.717, 1.165) is 24.6 Å². The molecule has 4 nitrogen and oxygen atoms in total. The Morgan fingerprint density at radius 3 is 2.59 bits per heavy atom. The molecular weight excluding hydrogens is 214 g/mol. The number of carbonyl (C=O) groups is 1. The van der Waals surface area contributed by atoms with Crippen molar-refractivity contribution >= 4 is 11.7 Å². The van der Waals surface area contributed by atoms with E-state index in [2.05, 4.69) is 10.3 Å². The van der Waals surface area contributed by atoms with E-state index in [9.17, 15) is 4.79 Å². The fourth-order valence-corrected chi connectivity index (χ4v) is 1.72. The van der Waals surface area contributed by atoms with Gasteiger partial charge in [0.25, 0.3) is 0 Å². The average molecular weight is 235 g/mol. The Morgan fingerprint density at radius 1 is 1.41 bits per heavy atom. The lowest BCUT2D eigenvalue weighted by Crippen LogP contribution is -2.41. The van der Waals surface area contributed by atoms with Gasteiger partial charge in [0.2, 0.25) is 5.91 Å². The molecule has 1 aromatic heterocycles. The number of nitrogens with one attached hydrogen (secondary N) is 1. The van der Waals surface area contributed by atoms with E-state index in [-0.39, 0.29) is 11.9 Å². The molecule has 1 heterocycles. The summed E-state index contributed by atoms with van der Waals surface area (Å²) >= 11 is 0. The van der Waals surface area contributed by atoms with Crippen LogP contribution in [0.4, 0.5) is 5.82 Å². The Morgan fingerprint density at radius 2 is 2.06 bits per heavy atom. The Balaban J connectivity index is 2.65. The minimum absolute atomic E-state index is 0.110. The molecular formula is C13H21N3O. The smallest absolute Gasteiger partial charge is 0.244 e. The summed E-state index contributed by atoms with van der Waals surface area (Å²) in [6.45, 7) is 9.25. The standard InChI is InChI=1S/C13H21N3O/c1-5-16(6-2)13(17)11(4)15-12-9-7-8-10(3)14-12/h7-9,11H,5-6H2,1-4H3,(H,14,15). The molecule has 0 aromatic carbocycles. The molecule has 0 radical (unpaired) electrons. The van der Waals surface area contributed by atoms with E-state index < -0.39 is 0 Å². The van der Waals surface area contributed by atoms with Crippen LogP contribution < -0.4 is 5.32 Å². The maximum Gasteiger partial charge on any atom is 0.244 e. The molecule has 1 unspecified atom stereocenters. The van der Waals surface area contributed by atoms with Crippen molar-refractivity contribution in [3.05, 3.63) is 23.9 Å². The first-order valence-corrected chi connectivity index (χ1v) is 6.07. The first-order valence-electron chi connectivity index (χ1n) is 6.07. The van der Waals surface area contributed by atoms with Crippen LogP contribution in [-0.4, -0.2) is 34.9 Å². The lowest BCUT2D eigenvalue weighted by atomic mass is 10.2. The molecule has 1 rings (SSSR count). The number of hydrogen-bond donors (Lipinski definition) is 1. The highest BCUT2D eigenvalue weighted by Crippen LogP contribution is 2.07. The van der Waals surface area contributed by atoms with Gasteiger partial charge in [-0.1, -0.05) is 6.07 Å². The van der Waals surface area contributed by atoms with Gasteiger partial charge in [-0.2, -0.15) is 0 Å². The van der Waals surface area contributed by atoms with Crippen LogP contribution in [0.15, 0.2) is 18.2 Å². The molecule has 0 aliphatic heterocycles. The highest BCUT2D eigenvalue weighted by atomic mass is 16.2. The molecule has 0 spiro atoms. The third-order valence-corrected chi connectivity index (χ3v) is 2.70. The molecule has 0 fully saturated rings. The maximum atomic E-state index is 12.0. The fourth-order valence-electron chi connectivity index (χ4n) is 1.72. The van der Waals surface area contributed by atoms with Crippen molar-refractivity contribution in [2.75, 3.05) is 18.4 Å². The molecule has 1 atom stereocenters. The fraction of sp³-hybridized carbons (Fsp3) is 0.538. The van der Waals surface area contributed by atoms with Crippen LogP contribution in [0.2, 0.25) is 0 Å². The summed E-state index contributed by atoms with van der Waals surface area (Å²) in [5.41, 5.74) is 0.942. The number of nitrogens with zero attached hydrogens (tertiary/aromatic N) is 2. The second-order valence-electron chi connectivity index (χ2n) is 4.04. The number of amides is 1. The number of pyridine rings is 1. The van der Waals surface area contributed by atoms with Crippen LogP contribution >= 0.6 is 0 Å². The first-order chi connectivity index (χ1) is 8.08. The lowest BCUT2D eigenvalue weighted by molar-refractivity contribution is -0.131. The van der Waals surface area contributed by atoms with Gasteiger partial charge in [-0.3, -0.25) is 4.79 Å². The van der Waals surface area contributed by atoms with Crippen LogP contribution in [0.3, 0.4) is 0 Å². The number of anilines is 1. The maximum absolute atomic E-state index is 12.0. The topological polar surface area (TPSA) is 45.2 Å². The van der Waals surface area contributed by atoms with Crippen molar-refractivity contribution in [1.29, 1.82) is 0 Å². The van der Waals surface area contributed by atoms with E-state index in [1.165, 1.54) is 0 Å². The van der Waals surface area contributed by atoms with Crippen molar-refractivity contribution < 1.29 is 4.79 Å². The molecule has 94 valence electrons. The molecule has 0 aliphatic rings. The number of rotatable bonds is 5. The predicted molar refractivity (Wildman–Crippen MR) is 70.0 cm³/mol. The van der Waals surface area contributed by atoms with Gasteiger partial charge >= 0.3 is 0 Å². The van der Waals surface area contributed by atoms with Gasteiger partial charge in [-0.05, 0) is 39.8 Å². The summed E-state index contributed by atoms with van der Waals surface area (Å²) in [6.07, 6.45) is 0. The van der Waals surface area contributed by atoms with Crippen molar-refractivity contribution in [1.82, 2.24) is 9.88 Å². The minimum atomic E-state index is -0.246. The largest absolute Gasteiger partial charge is 0.359 e. The quantitative estimate of drug-likeness (QED) is 0.849. The zero-order valence-corrected chi connectivity index (χ0v) is 11.0. The lowest BCUT2D eigenvalue weighted by Gasteiger charge is -2.23. The molecule has 0 bridgehead atoms. The Kier molecular flexibility index (Phi) is 4.94. The Bertz CT molecular complexity index is 375. The summed E-state index contributed by atoms with van der Waals surface area (Å²) < 4.78 is 0. The highest BCUT2D eigenvalue weighted by molar-refractivity contribution is 5.83. The summed E-state index contributed by atoms with van der Waals surface area (Å²) in [4.78, 5) is 18.2. The number of hydrogen-bond acceptors (Lipinski definition) is 3. The number of aromatic nitrogens is 1. The second kappa shape index (κ2) is 6.23. The van der Waals surface area contributed by atoms with E-state index >= 15 is 0 Å². The van der Waals surface area contributed by atoms with Crippen molar-refractivity contribution in [3.8, 4) is 0 Å². The van der Waals surface area contributed by atoms with Crippen LogP contribution in [-0.2, 0) is 4.79 Å². The normalized spacial score (nSPS) is 12.0. The van der Waals surface area contributed by atoms with Gasteiger partial charge in [-0.15, -0.1) is 0 Å². The zero-order chi connectivity index (χ0) is 12.8. The van der Waals surface area contributed by atoms with Gasteiger partial charge in [0.05, 0.1) is 0 Å². The van der Waals surface area contributed by atoms with Crippen molar-refractivity contribution in [2.45, 2.75) is 33.7 Å². The summed E-state index contributed by atoms with van der Waals surface area (Å²) in [7, 11) is 0. The monoisotopic (exact) mass is 235 g/mol. The molecule has 0 aliphatic carbocycles. The number of likely N-dealkylation sites (N-methyl/N-ethyl adjacent to an activating group) is 1. The highest BCUT2D eigenvalue weighted by Gasteiger charge is 2.17. The third kappa shape index (κ3) is 3.73. The second-order valence-corrected chi connectivity index (χ2v) is 4.04. The molecule has 1 amide bonds. The predicted octanol–water partition coefficient (Wildman–Crippen LogP) is 2.06. The molecule has 4 heteroatoms. The van der Waals surface area contributed by atoms with Crippen LogP contribution in [0.25, 0.3) is 0 Å². The zero-order valence-electron chi connectivity index (χ0n) is 11.0. The van der Waals surface area contributed by atoms with Gasteiger partial charge in [0, 0.05) is 18.8 Å². The van der Waals surface area contributed by atoms with Crippen molar-refractivity contribution in [2.24, 2.45) is 0 Å². The SMILES string of the molecule is CCN(CC)C(=O)C(C)Nc1cccc(C)n1. The van der Waals surface area contributed by atoms with Crippen LogP contribution in [0, 0.1) is 6.92 Å². The number of carbonyl (C=O) groups excluding carboxylic acids is 1. The van der Waals surface area contributed by atoms with E-state index in [1.807, 2.05) is 50.8 Å². The van der Waals surface area contributed by atoms with Gasteiger partial charge < -0.3 is 10.2 Å². The Hall–Kier alpha value is -1.58. The number of aryl methyl sites for hydroxylation is 1. The van der Waals surface area contributed by atoms with Crippen LogP contribution in [0.1, 0.15) is 26.5 Å². The molecule has 17 heavy (non-hydrogen) atoms. The summed E-state index contributed by atoms with van der Waals surface area (Å²) in [5, 5.41) is 3.13. The van der Waals surface area contributed by atoms with E-state index in [4.69, 9.17) is 0 Å². The minimum Gasteiger partial charge on any atom is -0.359 e. The third-order valence-electron chi connectivity index (χ3n) is 2.70. The van der Waals surface area contributed by atoms with Crippen LogP contribution in [0.5, 0.6) is 0 Å². The summed E-state index contributed by atoms with van der Waals surface area (Å²) in [6, 6.07) is 5.49. The van der Waals surface area contributed by atoms with Gasteiger partial charge in [0.15, 0.2) is 0 Å². The summed E-state index contributed by atoms with van der Waals surface area (Å²) in [5.74, 6) is 0.858. The van der Waals surface area contributed by atoms with E-state index in [0.29, 0.717) is 0 Å². The average Bonchev–Trinajstić information content (AvgIpc) is 2.30. The first kappa shape index (κ1) is 13.5. The Labute approximate surface area is 103 Å². The van der Waals surface area contributed by atoms with Gasteiger partial charge in [-0.25, -0.2) is 4.98 Å².